The number of benzene rings is 1. The quantitative estimate of drug-likeness (QED) is 0.0244. The first-order chi connectivity index (χ1) is 34.3. The summed E-state index contributed by atoms with van der Waals surface area (Å²) < 4.78 is 0. The normalized spacial score (nSPS) is 22.2. The second-order valence-corrected chi connectivity index (χ2v) is 20.6. The molecule has 0 spiro atoms. The molecule has 2 rings (SSSR count). The second kappa shape index (κ2) is 31.8. The zero-order chi connectivity index (χ0) is 54.9. The van der Waals surface area contributed by atoms with Crippen molar-refractivity contribution in [3.63, 3.8) is 0 Å². The smallest absolute Gasteiger partial charge is 0.245 e. The zero-order valence-electron chi connectivity index (χ0n) is 42.1. The Balaban J connectivity index is 2.73. The summed E-state index contributed by atoms with van der Waals surface area (Å²) in [7, 11) is 2.01. The highest BCUT2D eigenvalue weighted by atomic mass is 33.1. The van der Waals surface area contributed by atoms with Gasteiger partial charge in [-0.05, 0) is 68.6 Å². The van der Waals surface area contributed by atoms with E-state index in [1.807, 2.05) is 13.8 Å². The van der Waals surface area contributed by atoms with Crippen molar-refractivity contribution in [1.82, 2.24) is 42.5 Å². The molecule has 1 aromatic carbocycles. The number of aliphatic hydroxyl groups excluding tert-OH is 1. The van der Waals surface area contributed by atoms with Gasteiger partial charge in [-0.2, -0.15) is 0 Å². The van der Waals surface area contributed by atoms with E-state index in [4.69, 9.17) is 28.7 Å². The summed E-state index contributed by atoms with van der Waals surface area (Å²) in [6.07, 6.45) is -1.17. The molecule has 0 aromatic heterocycles. The average molecular weight is 1070 g/mol. The van der Waals surface area contributed by atoms with Crippen LogP contribution < -0.4 is 71.2 Å². The fourth-order valence-corrected chi connectivity index (χ4v) is 9.46. The summed E-state index contributed by atoms with van der Waals surface area (Å²) >= 11 is 0. The van der Waals surface area contributed by atoms with Crippen molar-refractivity contribution in [2.45, 2.75) is 141 Å². The number of guanidine groups is 2. The van der Waals surface area contributed by atoms with Crippen molar-refractivity contribution in [1.29, 1.82) is 0 Å². The van der Waals surface area contributed by atoms with Gasteiger partial charge >= 0.3 is 0 Å². The largest absolute Gasteiger partial charge is 0.508 e. The first kappa shape index (κ1) is 62.6. The Morgan fingerprint density at radius 2 is 1.29 bits per heavy atom. The average Bonchev–Trinajstić information content (AvgIpc) is 3.30. The Morgan fingerprint density at radius 1 is 0.726 bits per heavy atom. The summed E-state index contributed by atoms with van der Waals surface area (Å²) in [5, 5.41) is 41.5. The predicted octanol–water partition coefficient (Wildman–Crippen LogP) is -3.71. The molecule has 0 bridgehead atoms. The van der Waals surface area contributed by atoms with Gasteiger partial charge in [0.25, 0.3) is 0 Å². The number of hydrogen-bond acceptors (Lipinski definition) is 15. The number of hydrogen-bond donors (Lipinski definition) is 15. The van der Waals surface area contributed by atoms with Crippen molar-refractivity contribution < 1.29 is 53.4 Å². The monoisotopic (exact) mass is 1070 g/mol. The van der Waals surface area contributed by atoms with Gasteiger partial charge in [-0.25, -0.2) is 0 Å². The molecule has 0 saturated carbocycles. The van der Waals surface area contributed by atoms with Crippen molar-refractivity contribution in [2.75, 3.05) is 24.6 Å². The minimum absolute atomic E-state index is 0.00176. The van der Waals surface area contributed by atoms with Crippen molar-refractivity contribution in [3.8, 4) is 5.75 Å². The van der Waals surface area contributed by atoms with E-state index in [9.17, 15) is 53.4 Å². The first-order valence-electron chi connectivity index (χ1n) is 23.8. The molecule has 26 nitrogen and oxygen atoms in total. The molecule has 2 unspecified atom stereocenters. The summed E-state index contributed by atoms with van der Waals surface area (Å²) in [6, 6.07) is -5.23. The molecular formula is C45H75N15O11S2. The zero-order valence-corrected chi connectivity index (χ0v) is 43.7. The molecule has 20 N–H and O–H groups in total. The molecule has 0 aliphatic carbocycles. The van der Waals surface area contributed by atoms with Gasteiger partial charge in [0.1, 0.15) is 54.1 Å². The number of primary amides is 1. The minimum Gasteiger partial charge on any atom is -0.508 e. The van der Waals surface area contributed by atoms with Crippen LogP contribution in [0.25, 0.3) is 0 Å². The van der Waals surface area contributed by atoms with E-state index in [0.29, 0.717) is 12.0 Å². The summed E-state index contributed by atoms with van der Waals surface area (Å²) in [5.74, 6) is -9.10. The molecule has 1 aliphatic heterocycles. The molecule has 9 amide bonds. The molecule has 0 radical (unpaired) electrons. The maximum Gasteiger partial charge on any atom is 0.245 e. The van der Waals surface area contributed by atoms with Gasteiger partial charge in [-0.3, -0.25) is 53.1 Å². The van der Waals surface area contributed by atoms with Crippen LogP contribution in [-0.2, 0) is 49.6 Å². The number of phenolic OH excluding ortho intramolecular Hbond substituents is 1. The van der Waals surface area contributed by atoms with Crippen LogP contribution >= 0.6 is 21.6 Å². The van der Waals surface area contributed by atoms with Crippen LogP contribution in [0.4, 0.5) is 0 Å². The lowest BCUT2D eigenvalue weighted by Crippen LogP contribution is -2.63. The fraction of sp³-hybridized carbons (Fsp3) is 0.622. The third-order valence-electron chi connectivity index (χ3n) is 11.3. The van der Waals surface area contributed by atoms with Gasteiger partial charge < -0.3 is 81.4 Å². The number of rotatable bonds is 21. The van der Waals surface area contributed by atoms with E-state index in [1.165, 1.54) is 38.1 Å². The van der Waals surface area contributed by atoms with E-state index < -0.39 is 114 Å². The summed E-state index contributed by atoms with van der Waals surface area (Å²) in [6.45, 7) is 9.54. The van der Waals surface area contributed by atoms with E-state index in [2.05, 4.69) is 52.5 Å². The topological polar surface area (TPSA) is 445 Å². The lowest BCUT2D eigenvalue weighted by molar-refractivity contribution is -0.137. The number of nitrogens with zero attached hydrogens (tertiary/aromatic N) is 2. The summed E-state index contributed by atoms with van der Waals surface area (Å²) in [5.41, 5.74) is 28.2. The molecule has 1 aromatic rings. The van der Waals surface area contributed by atoms with Gasteiger partial charge in [-0.1, -0.05) is 67.8 Å². The van der Waals surface area contributed by atoms with Crippen LogP contribution in [0.5, 0.6) is 5.75 Å². The van der Waals surface area contributed by atoms with Gasteiger partial charge in [0, 0.05) is 37.9 Å². The van der Waals surface area contributed by atoms with Gasteiger partial charge in [0.2, 0.25) is 53.2 Å². The van der Waals surface area contributed by atoms with Crippen LogP contribution in [0.1, 0.15) is 85.6 Å². The van der Waals surface area contributed by atoms with E-state index in [-0.39, 0.29) is 86.7 Å². The Bertz CT molecular complexity index is 2110. The summed E-state index contributed by atoms with van der Waals surface area (Å²) in [4.78, 5) is 132. The Morgan fingerprint density at radius 3 is 1.85 bits per heavy atom. The SMILES string of the molecule is CC[C@H](C)[C@@H]1NC(=O)[C@H](CC(C)C)NC(=O)C(NC(C)=O)CSSC[C@@H](C(=O)N[C@@H](CCCN=C(N)N)C(=O)N[C@@H](Cc2ccc(O)cc2)C(N)=O)NC(=O)[C@H](CCCN=C(N)N)NC(=O)C([C@H](C)O)NC1=O. The number of aromatic hydroxyl groups is 1. The maximum atomic E-state index is 14.5. The fourth-order valence-electron chi connectivity index (χ4n) is 7.14. The lowest BCUT2D eigenvalue weighted by Gasteiger charge is -2.31. The highest BCUT2D eigenvalue weighted by Gasteiger charge is 2.37. The molecule has 1 saturated heterocycles. The van der Waals surface area contributed by atoms with Gasteiger partial charge in [0.15, 0.2) is 11.9 Å². The first-order valence-corrected chi connectivity index (χ1v) is 26.3. The van der Waals surface area contributed by atoms with E-state index >= 15 is 0 Å². The van der Waals surface area contributed by atoms with Crippen LogP contribution in [-0.4, -0.2) is 154 Å². The van der Waals surface area contributed by atoms with Gasteiger partial charge in [-0.15, -0.1) is 0 Å². The number of nitrogens with one attached hydrogen (secondary N) is 8. The lowest BCUT2D eigenvalue weighted by atomic mass is 9.96. The Kier molecular flexibility index (Phi) is 27.3. The van der Waals surface area contributed by atoms with E-state index in [1.54, 1.807) is 13.8 Å². The number of aliphatic imine (C=N–C) groups is 2. The number of nitrogens with two attached hydrogens (primary N) is 5. The number of amides is 9. The van der Waals surface area contributed by atoms with Crippen LogP contribution in [0, 0.1) is 11.8 Å². The maximum absolute atomic E-state index is 14.5. The molecule has 10 atom stereocenters. The third-order valence-corrected chi connectivity index (χ3v) is 13.7. The van der Waals surface area contributed by atoms with Crippen molar-refractivity contribution >= 4 is 86.7 Å². The second-order valence-electron chi connectivity index (χ2n) is 18.0. The number of aliphatic hydroxyl groups is 1. The molecule has 1 fully saturated rings. The molecule has 28 heteroatoms. The molecular weight excluding hydrogens is 991 g/mol. The number of phenols is 1. The molecule has 1 aliphatic rings. The minimum atomic E-state index is -1.69. The van der Waals surface area contributed by atoms with Crippen LogP contribution in [0.2, 0.25) is 0 Å². The standard InChI is InChI=1S/C45H75N15O11S2/c1-7-23(4)34-42(70)60-35(24(5)61)43(71)55-29(11-9-17-52-45(49)50)38(66)58-33(21-73-72-20-32(53-25(6)62)40(68)57-31(18-22(2)3)39(67)59-34)41(69)54-28(10-8-16-51-44(47)48)37(65)56-30(36(46)64)19-26-12-14-27(63)15-13-26/h12-15,22-24,28-35,61,63H,7-11,16-21H2,1-6H3,(H2,46,64)(H,53,62)(H,54,69)(H,55,71)(H,56,65)(H,57,68)(H,58,66)(H,59,67)(H,60,70)(H4,47,48,51)(H4,49,50,52)/t23-,24-,28-,29-,30-,31-,32?,33-,34-,35?/m0/s1. The molecule has 73 heavy (non-hydrogen) atoms. The highest BCUT2D eigenvalue weighted by Crippen LogP contribution is 2.24. The Labute approximate surface area is 432 Å². The molecule has 408 valence electrons. The number of carbonyl (C=O) groups excluding carboxylic acids is 9. The number of carbonyl (C=O) groups is 9. The predicted molar refractivity (Wildman–Crippen MR) is 277 cm³/mol. The van der Waals surface area contributed by atoms with Crippen molar-refractivity contribution in [2.24, 2.45) is 50.5 Å². The van der Waals surface area contributed by atoms with Gasteiger partial charge in [0.05, 0.1) is 6.10 Å². The van der Waals surface area contributed by atoms with Crippen molar-refractivity contribution in [3.05, 3.63) is 29.8 Å². The van der Waals surface area contributed by atoms with Crippen LogP contribution in [0.15, 0.2) is 34.3 Å². The van der Waals surface area contributed by atoms with Crippen LogP contribution in [0.3, 0.4) is 0 Å². The van der Waals surface area contributed by atoms with E-state index in [0.717, 1.165) is 21.6 Å². The third kappa shape index (κ3) is 23.3. The molecule has 1 heterocycles. The Hall–Kier alpha value is -6.55. The highest BCUT2D eigenvalue weighted by molar-refractivity contribution is 8.76.